The maximum Gasteiger partial charge on any atom is 0.115 e. The lowest BCUT2D eigenvalue weighted by Gasteiger charge is -2.03. The molecule has 0 saturated carbocycles. The molecule has 3 heteroatoms. The Kier molecular flexibility index (Phi) is 2.46. The number of phenols is 1. The van der Waals surface area contributed by atoms with Gasteiger partial charge in [0.25, 0.3) is 0 Å². The lowest BCUT2D eigenvalue weighted by molar-refractivity contribution is 0.183. The Morgan fingerprint density at radius 1 is 1.27 bits per heavy atom. The van der Waals surface area contributed by atoms with Gasteiger partial charge in [-0.1, -0.05) is 12.1 Å². The molecule has 60 valence electrons. The van der Waals surface area contributed by atoms with Crippen LogP contribution < -0.4 is 5.73 Å². The molecule has 1 atom stereocenters. The molecule has 0 bridgehead atoms. The molecule has 0 saturated heterocycles. The first-order valence-corrected chi connectivity index (χ1v) is 3.40. The van der Waals surface area contributed by atoms with Gasteiger partial charge in [-0.05, 0) is 17.7 Å². The molecule has 0 heterocycles. The maximum absolute atomic E-state index is 8.90. The monoisotopic (exact) mass is 153 g/mol. The third-order valence-electron chi connectivity index (χ3n) is 1.38. The minimum Gasteiger partial charge on any atom is -0.508 e. The van der Waals surface area contributed by atoms with Crippen LogP contribution in [0.25, 0.3) is 0 Å². The quantitative estimate of drug-likeness (QED) is 0.532. The van der Waals surface area contributed by atoms with Crippen LogP contribution in [0.1, 0.15) is 5.56 Å². The number of benzene rings is 1. The SMILES string of the molecule is N[C@@H](O)Cc1ccc(O)cc1. The number of rotatable bonds is 2. The third-order valence-corrected chi connectivity index (χ3v) is 1.38. The number of hydrogen-bond donors (Lipinski definition) is 3. The first-order chi connectivity index (χ1) is 5.18. The zero-order valence-corrected chi connectivity index (χ0v) is 6.07. The predicted octanol–water partition coefficient (Wildman–Crippen LogP) is 0.212. The molecular weight excluding hydrogens is 142 g/mol. The highest BCUT2D eigenvalue weighted by Gasteiger charge is 1.97. The fourth-order valence-corrected chi connectivity index (χ4v) is 0.874. The second kappa shape index (κ2) is 3.37. The summed E-state index contributed by atoms with van der Waals surface area (Å²) >= 11 is 0. The second-order valence-corrected chi connectivity index (χ2v) is 2.44. The highest BCUT2D eigenvalue weighted by atomic mass is 16.3. The summed E-state index contributed by atoms with van der Waals surface area (Å²) in [4.78, 5) is 0. The maximum atomic E-state index is 8.90. The van der Waals surface area contributed by atoms with E-state index < -0.39 is 6.23 Å². The standard InChI is InChI=1S/C8H11NO2/c9-8(11)5-6-1-3-7(10)4-2-6/h1-4,8,10-11H,5,9H2/t8-/m0/s1. The lowest BCUT2D eigenvalue weighted by Crippen LogP contribution is -2.21. The molecule has 0 fully saturated rings. The first-order valence-electron chi connectivity index (χ1n) is 3.40. The van der Waals surface area contributed by atoms with Crippen molar-refractivity contribution in [1.29, 1.82) is 0 Å². The first kappa shape index (κ1) is 8.04. The van der Waals surface area contributed by atoms with Gasteiger partial charge < -0.3 is 15.9 Å². The molecule has 0 aliphatic rings. The van der Waals surface area contributed by atoms with Crippen LogP contribution in [0.2, 0.25) is 0 Å². The molecule has 0 unspecified atom stereocenters. The third kappa shape index (κ3) is 2.57. The zero-order valence-electron chi connectivity index (χ0n) is 6.07. The molecule has 3 nitrogen and oxygen atoms in total. The Labute approximate surface area is 65.1 Å². The highest BCUT2D eigenvalue weighted by molar-refractivity contribution is 5.26. The zero-order chi connectivity index (χ0) is 8.27. The smallest absolute Gasteiger partial charge is 0.115 e. The summed E-state index contributed by atoms with van der Waals surface area (Å²) in [5.74, 6) is 0.222. The Morgan fingerprint density at radius 2 is 1.82 bits per heavy atom. The fourth-order valence-electron chi connectivity index (χ4n) is 0.874. The molecule has 1 rings (SSSR count). The van der Waals surface area contributed by atoms with E-state index in [4.69, 9.17) is 15.9 Å². The van der Waals surface area contributed by atoms with E-state index in [-0.39, 0.29) is 5.75 Å². The molecule has 0 radical (unpaired) electrons. The number of nitrogens with two attached hydrogens (primary N) is 1. The number of aliphatic hydroxyl groups excluding tert-OH is 1. The van der Waals surface area contributed by atoms with E-state index >= 15 is 0 Å². The van der Waals surface area contributed by atoms with Crippen LogP contribution in [-0.4, -0.2) is 16.4 Å². The van der Waals surface area contributed by atoms with Crippen molar-refractivity contribution in [2.45, 2.75) is 12.6 Å². The van der Waals surface area contributed by atoms with Crippen LogP contribution in [-0.2, 0) is 6.42 Å². The van der Waals surface area contributed by atoms with E-state index in [9.17, 15) is 0 Å². The summed E-state index contributed by atoms with van der Waals surface area (Å²) in [5.41, 5.74) is 6.07. The summed E-state index contributed by atoms with van der Waals surface area (Å²) in [6, 6.07) is 6.59. The van der Waals surface area contributed by atoms with Gasteiger partial charge >= 0.3 is 0 Å². The molecule has 0 aromatic heterocycles. The fraction of sp³-hybridized carbons (Fsp3) is 0.250. The molecule has 0 spiro atoms. The number of hydrogen-bond acceptors (Lipinski definition) is 3. The number of phenolic OH excluding ortho intramolecular Hbond substituents is 1. The van der Waals surface area contributed by atoms with E-state index in [1.165, 1.54) is 0 Å². The molecule has 1 aromatic carbocycles. The van der Waals surface area contributed by atoms with Gasteiger partial charge in [-0.3, -0.25) is 0 Å². The van der Waals surface area contributed by atoms with Crippen LogP contribution in [0, 0.1) is 0 Å². The largest absolute Gasteiger partial charge is 0.508 e. The van der Waals surface area contributed by atoms with Crippen LogP contribution in [0.3, 0.4) is 0 Å². The van der Waals surface area contributed by atoms with Gasteiger partial charge in [-0.25, -0.2) is 0 Å². The normalized spacial score (nSPS) is 12.9. The van der Waals surface area contributed by atoms with Crippen LogP contribution in [0.5, 0.6) is 5.75 Å². The Balaban J connectivity index is 2.66. The average Bonchev–Trinajstić information content (AvgIpc) is 1.93. The molecular formula is C8H11NO2. The topological polar surface area (TPSA) is 66.5 Å². The van der Waals surface area contributed by atoms with Crippen molar-refractivity contribution in [3.63, 3.8) is 0 Å². The molecule has 4 N–H and O–H groups in total. The molecule has 1 aromatic rings. The Hall–Kier alpha value is -1.06. The molecule has 0 aliphatic heterocycles. The van der Waals surface area contributed by atoms with Gasteiger partial charge in [0.05, 0.1) is 0 Å². The van der Waals surface area contributed by atoms with Crippen molar-refractivity contribution >= 4 is 0 Å². The average molecular weight is 153 g/mol. The van der Waals surface area contributed by atoms with E-state index in [0.717, 1.165) is 5.56 Å². The minimum atomic E-state index is -0.820. The minimum absolute atomic E-state index is 0.222. The molecule has 0 aliphatic carbocycles. The number of aliphatic hydroxyl groups is 1. The summed E-state index contributed by atoms with van der Waals surface area (Å²) in [6.07, 6.45) is -0.403. The van der Waals surface area contributed by atoms with Crippen molar-refractivity contribution in [1.82, 2.24) is 0 Å². The van der Waals surface area contributed by atoms with Crippen LogP contribution in [0.15, 0.2) is 24.3 Å². The summed E-state index contributed by atoms with van der Waals surface area (Å²) < 4.78 is 0. The second-order valence-electron chi connectivity index (χ2n) is 2.44. The Bertz CT molecular complexity index is 218. The van der Waals surface area contributed by atoms with Crippen molar-refractivity contribution < 1.29 is 10.2 Å². The van der Waals surface area contributed by atoms with Gasteiger partial charge in [0.15, 0.2) is 0 Å². The van der Waals surface area contributed by atoms with Crippen molar-refractivity contribution in [2.75, 3.05) is 0 Å². The van der Waals surface area contributed by atoms with Crippen molar-refractivity contribution in [3.05, 3.63) is 29.8 Å². The summed E-state index contributed by atoms with van der Waals surface area (Å²) in [5, 5.41) is 17.7. The van der Waals surface area contributed by atoms with Crippen molar-refractivity contribution in [2.24, 2.45) is 5.73 Å². The van der Waals surface area contributed by atoms with Crippen LogP contribution >= 0.6 is 0 Å². The van der Waals surface area contributed by atoms with Gasteiger partial charge in [0, 0.05) is 6.42 Å². The molecule has 11 heavy (non-hydrogen) atoms. The highest BCUT2D eigenvalue weighted by Crippen LogP contribution is 2.10. The van der Waals surface area contributed by atoms with E-state index in [2.05, 4.69) is 0 Å². The Morgan fingerprint density at radius 3 is 2.27 bits per heavy atom. The number of aromatic hydroxyl groups is 1. The predicted molar refractivity (Wildman–Crippen MR) is 42.0 cm³/mol. The van der Waals surface area contributed by atoms with Gasteiger partial charge in [-0.15, -0.1) is 0 Å². The van der Waals surface area contributed by atoms with Crippen LogP contribution in [0.4, 0.5) is 0 Å². The van der Waals surface area contributed by atoms with E-state index in [0.29, 0.717) is 6.42 Å². The van der Waals surface area contributed by atoms with E-state index in [1.54, 1.807) is 24.3 Å². The van der Waals surface area contributed by atoms with Crippen molar-refractivity contribution in [3.8, 4) is 5.75 Å². The molecule has 0 amide bonds. The lowest BCUT2D eigenvalue weighted by atomic mass is 10.1. The van der Waals surface area contributed by atoms with Gasteiger partial charge in [0.1, 0.15) is 12.0 Å². The van der Waals surface area contributed by atoms with E-state index in [1.807, 2.05) is 0 Å². The van der Waals surface area contributed by atoms with Gasteiger partial charge in [0.2, 0.25) is 0 Å². The summed E-state index contributed by atoms with van der Waals surface area (Å²) in [7, 11) is 0. The van der Waals surface area contributed by atoms with Gasteiger partial charge in [-0.2, -0.15) is 0 Å². The summed E-state index contributed by atoms with van der Waals surface area (Å²) in [6.45, 7) is 0.